The molecular formula is C25H29N3O2S2. The molecule has 5 nitrogen and oxygen atoms in total. The van der Waals surface area contributed by atoms with Crippen LogP contribution in [0.2, 0.25) is 0 Å². The van der Waals surface area contributed by atoms with Crippen LogP contribution in [-0.2, 0) is 9.59 Å². The zero-order valence-electron chi connectivity index (χ0n) is 18.5. The SMILES string of the molecule is CC(C)c1ccc(NC(=O)CSc2nc3ccc(NC(=O)C4CCCCC4)cc3s2)cc1. The molecule has 2 aromatic carbocycles. The van der Waals surface area contributed by atoms with E-state index in [0.29, 0.717) is 11.7 Å². The van der Waals surface area contributed by atoms with Gasteiger partial charge in [0.1, 0.15) is 0 Å². The predicted molar refractivity (Wildman–Crippen MR) is 135 cm³/mol. The number of carbonyl (C=O) groups excluding carboxylic acids is 2. The van der Waals surface area contributed by atoms with Crippen LogP contribution in [0.5, 0.6) is 0 Å². The number of thioether (sulfide) groups is 1. The first kappa shape index (κ1) is 22.8. The molecule has 7 heteroatoms. The van der Waals surface area contributed by atoms with Gasteiger partial charge in [0.25, 0.3) is 0 Å². The average molecular weight is 468 g/mol. The van der Waals surface area contributed by atoms with Gasteiger partial charge in [-0.15, -0.1) is 11.3 Å². The number of hydrogen-bond donors (Lipinski definition) is 2. The molecule has 1 heterocycles. The van der Waals surface area contributed by atoms with Crippen molar-refractivity contribution in [1.82, 2.24) is 4.98 Å². The molecule has 0 aliphatic heterocycles. The Bertz CT molecular complexity index is 1090. The van der Waals surface area contributed by atoms with E-state index in [1.165, 1.54) is 23.7 Å². The summed E-state index contributed by atoms with van der Waals surface area (Å²) in [5.41, 5.74) is 3.76. The second-order valence-corrected chi connectivity index (χ2v) is 10.9. The van der Waals surface area contributed by atoms with E-state index >= 15 is 0 Å². The summed E-state index contributed by atoms with van der Waals surface area (Å²) in [6.07, 6.45) is 5.49. The molecule has 0 radical (unpaired) electrons. The Morgan fingerprint density at radius 1 is 1.03 bits per heavy atom. The Balaban J connectivity index is 1.32. The quantitative estimate of drug-likeness (QED) is 0.381. The van der Waals surface area contributed by atoms with Gasteiger partial charge in [0, 0.05) is 17.3 Å². The molecule has 1 aliphatic rings. The van der Waals surface area contributed by atoms with Crippen LogP contribution in [0.4, 0.5) is 11.4 Å². The lowest BCUT2D eigenvalue weighted by Gasteiger charge is -2.20. The largest absolute Gasteiger partial charge is 0.326 e. The number of nitrogens with zero attached hydrogens (tertiary/aromatic N) is 1. The van der Waals surface area contributed by atoms with Gasteiger partial charge in [0.2, 0.25) is 11.8 Å². The van der Waals surface area contributed by atoms with E-state index in [4.69, 9.17) is 0 Å². The highest BCUT2D eigenvalue weighted by Crippen LogP contribution is 2.32. The summed E-state index contributed by atoms with van der Waals surface area (Å²) >= 11 is 2.98. The number of aromatic nitrogens is 1. The maximum Gasteiger partial charge on any atom is 0.234 e. The van der Waals surface area contributed by atoms with Crippen LogP contribution in [0.15, 0.2) is 46.8 Å². The first-order chi connectivity index (χ1) is 15.5. The topological polar surface area (TPSA) is 71.1 Å². The van der Waals surface area contributed by atoms with Crippen LogP contribution in [0.1, 0.15) is 57.4 Å². The highest BCUT2D eigenvalue weighted by Gasteiger charge is 2.21. The molecule has 4 rings (SSSR count). The molecule has 0 bridgehead atoms. The Hall–Kier alpha value is -2.38. The predicted octanol–water partition coefficient (Wildman–Crippen LogP) is 6.67. The first-order valence-electron chi connectivity index (χ1n) is 11.2. The highest BCUT2D eigenvalue weighted by molar-refractivity contribution is 8.01. The number of nitrogens with one attached hydrogen (secondary N) is 2. The third-order valence-electron chi connectivity index (χ3n) is 5.80. The number of thiazole rings is 1. The molecule has 1 aliphatic carbocycles. The Morgan fingerprint density at radius 3 is 2.47 bits per heavy atom. The van der Waals surface area contributed by atoms with E-state index in [9.17, 15) is 9.59 Å². The van der Waals surface area contributed by atoms with E-state index in [0.717, 1.165) is 51.6 Å². The lowest BCUT2D eigenvalue weighted by molar-refractivity contribution is -0.120. The minimum absolute atomic E-state index is 0.0491. The fourth-order valence-electron chi connectivity index (χ4n) is 3.93. The van der Waals surface area contributed by atoms with Crippen molar-refractivity contribution in [3.8, 4) is 0 Å². The van der Waals surface area contributed by atoms with Crippen LogP contribution < -0.4 is 10.6 Å². The monoisotopic (exact) mass is 467 g/mol. The molecule has 32 heavy (non-hydrogen) atoms. The van der Waals surface area contributed by atoms with Crippen molar-refractivity contribution in [2.45, 2.75) is 56.2 Å². The van der Waals surface area contributed by atoms with E-state index in [1.54, 1.807) is 11.3 Å². The average Bonchev–Trinajstić information content (AvgIpc) is 3.21. The normalized spacial score (nSPS) is 14.6. The van der Waals surface area contributed by atoms with Crippen molar-refractivity contribution in [3.05, 3.63) is 48.0 Å². The van der Waals surface area contributed by atoms with Crippen molar-refractivity contribution < 1.29 is 9.59 Å². The summed E-state index contributed by atoms with van der Waals surface area (Å²) in [6.45, 7) is 4.30. The number of hydrogen-bond acceptors (Lipinski definition) is 5. The third kappa shape index (κ3) is 5.90. The second kappa shape index (κ2) is 10.5. The molecule has 2 N–H and O–H groups in total. The van der Waals surface area contributed by atoms with Crippen molar-refractivity contribution >= 4 is 56.5 Å². The summed E-state index contributed by atoms with van der Waals surface area (Å²) in [5, 5.41) is 6.01. The summed E-state index contributed by atoms with van der Waals surface area (Å²) in [4.78, 5) is 29.5. The zero-order chi connectivity index (χ0) is 22.5. The molecule has 1 fully saturated rings. The summed E-state index contributed by atoms with van der Waals surface area (Å²) in [6, 6.07) is 13.8. The zero-order valence-corrected chi connectivity index (χ0v) is 20.2. The van der Waals surface area contributed by atoms with Crippen molar-refractivity contribution in [2.75, 3.05) is 16.4 Å². The minimum Gasteiger partial charge on any atom is -0.326 e. The van der Waals surface area contributed by atoms with Gasteiger partial charge in [-0.1, -0.05) is 57.0 Å². The van der Waals surface area contributed by atoms with Crippen LogP contribution >= 0.6 is 23.1 Å². The van der Waals surface area contributed by atoms with Crippen LogP contribution in [0.25, 0.3) is 10.2 Å². The fraction of sp³-hybridized carbons (Fsp3) is 0.400. The highest BCUT2D eigenvalue weighted by atomic mass is 32.2. The van der Waals surface area contributed by atoms with Gasteiger partial charge < -0.3 is 10.6 Å². The van der Waals surface area contributed by atoms with Gasteiger partial charge >= 0.3 is 0 Å². The lowest BCUT2D eigenvalue weighted by Crippen LogP contribution is -2.24. The maximum atomic E-state index is 12.5. The number of carbonyl (C=O) groups is 2. The fourth-order valence-corrected chi connectivity index (χ4v) is 5.84. The van der Waals surface area contributed by atoms with E-state index in [-0.39, 0.29) is 17.7 Å². The molecule has 0 atom stereocenters. The number of rotatable bonds is 7. The van der Waals surface area contributed by atoms with Crippen LogP contribution in [0, 0.1) is 5.92 Å². The van der Waals surface area contributed by atoms with Gasteiger partial charge in [-0.25, -0.2) is 4.98 Å². The molecular weight excluding hydrogens is 438 g/mol. The van der Waals surface area contributed by atoms with Gasteiger partial charge in [-0.2, -0.15) is 0 Å². The number of benzene rings is 2. The summed E-state index contributed by atoms with van der Waals surface area (Å²) in [5.74, 6) is 0.979. The van der Waals surface area contributed by atoms with Gasteiger partial charge in [0.05, 0.1) is 16.0 Å². The lowest BCUT2D eigenvalue weighted by atomic mass is 9.88. The Labute approximate surface area is 197 Å². The Morgan fingerprint density at radius 2 is 1.75 bits per heavy atom. The summed E-state index contributed by atoms with van der Waals surface area (Å²) < 4.78 is 1.86. The molecule has 2 amide bonds. The molecule has 0 spiro atoms. The molecule has 0 saturated heterocycles. The minimum atomic E-state index is -0.0491. The van der Waals surface area contributed by atoms with Crippen LogP contribution in [-0.4, -0.2) is 22.6 Å². The standard InChI is InChI=1S/C25H29N3O2S2/c1-16(2)17-8-10-19(11-9-17)26-23(29)15-31-25-28-21-13-12-20(14-22(21)32-25)27-24(30)18-6-4-3-5-7-18/h8-14,16,18H,3-7,15H2,1-2H3,(H,26,29)(H,27,30). The van der Waals surface area contributed by atoms with Crippen molar-refractivity contribution in [2.24, 2.45) is 5.92 Å². The van der Waals surface area contributed by atoms with E-state index < -0.39 is 0 Å². The Kier molecular flexibility index (Phi) is 7.48. The molecule has 3 aromatic rings. The smallest absolute Gasteiger partial charge is 0.234 e. The van der Waals surface area contributed by atoms with Gasteiger partial charge in [-0.3, -0.25) is 9.59 Å². The van der Waals surface area contributed by atoms with Crippen molar-refractivity contribution in [3.63, 3.8) is 0 Å². The third-order valence-corrected chi connectivity index (χ3v) is 7.96. The van der Waals surface area contributed by atoms with Crippen molar-refractivity contribution in [1.29, 1.82) is 0 Å². The number of anilines is 2. The number of fused-ring (bicyclic) bond motifs is 1. The van der Waals surface area contributed by atoms with Crippen LogP contribution in [0.3, 0.4) is 0 Å². The molecule has 1 aromatic heterocycles. The second-order valence-electron chi connectivity index (χ2n) is 8.60. The first-order valence-corrected chi connectivity index (χ1v) is 13.0. The molecule has 0 unspecified atom stereocenters. The van der Waals surface area contributed by atoms with Gasteiger partial charge in [-0.05, 0) is 54.7 Å². The number of amides is 2. The van der Waals surface area contributed by atoms with Gasteiger partial charge in [0.15, 0.2) is 4.34 Å². The molecule has 1 saturated carbocycles. The molecule has 168 valence electrons. The summed E-state index contributed by atoms with van der Waals surface area (Å²) in [7, 11) is 0. The van der Waals surface area contributed by atoms with E-state index in [2.05, 4.69) is 29.5 Å². The van der Waals surface area contributed by atoms with E-state index in [1.807, 2.05) is 42.5 Å². The maximum absolute atomic E-state index is 12.5.